The fourth-order valence-electron chi connectivity index (χ4n) is 2.48. The third-order valence-corrected chi connectivity index (χ3v) is 3.68. The zero-order chi connectivity index (χ0) is 12.3. The predicted octanol–water partition coefficient (Wildman–Crippen LogP) is 0.358. The maximum Gasteiger partial charge on any atom is 0.0945 e. The summed E-state index contributed by atoms with van der Waals surface area (Å²) >= 11 is 0. The summed E-state index contributed by atoms with van der Waals surface area (Å²) in [7, 11) is 3.82. The summed E-state index contributed by atoms with van der Waals surface area (Å²) in [5, 5.41) is 0. The van der Waals surface area contributed by atoms with E-state index in [1.165, 1.54) is 5.69 Å². The quantitative estimate of drug-likeness (QED) is 0.823. The number of nitrogens with zero attached hydrogens (tertiary/aromatic N) is 3. The van der Waals surface area contributed by atoms with Gasteiger partial charge in [-0.3, -0.25) is 4.90 Å². The zero-order valence-corrected chi connectivity index (χ0v) is 10.7. The van der Waals surface area contributed by atoms with Crippen molar-refractivity contribution in [2.45, 2.75) is 31.5 Å². The van der Waals surface area contributed by atoms with Crippen molar-refractivity contribution in [2.75, 3.05) is 20.2 Å². The Labute approximate surface area is 103 Å². The first kappa shape index (κ1) is 12.5. The third-order valence-electron chi connectivity index (χ3n) is 3.68. The van der Waals surface area contributed by atoms with Crippen molar-refractivity contribution >= 4 is 0 Å². The SMILES string of the molecule is COC1CCN(Cc2cncn2C)C(CN)C1. The topological polar surface area (TPSA) is 56.3 Å². The molecule has 2 atom stereocenters. The van der Waals surface area contributed by atoms with Crippen LogP contribution in [0.3, 0.4) is 0 Å². The van der Waals surface area contributed by atoms with Crippen LogP contribution in [0.1, 0.15) is 18.5 Å². The minimum Gasteiger partial charge on any atom is -0.381 e. The van der Waals surface area contributed by atoms with E-state index < -0.39 is 0 Å². The molecular formula is C12H22N4O. The Hall–Kier alpha value is -0.910. The van der Waals surface area contributed by atoms with Gasteiger partial charge < -0.3 is 15.0 Å². The van der Waals surface area contributed by atoms with Gasteiger partial charge in [0.05, 0.1) is 18.1 Å². The van der Waals surface area contributed by atoms with Gasteiger partial charge in [0.15, 0.2) is 0 Å². The zero-order valence-electron chi connectivity index (χ0n) is 10.7. The molecule has 1 aliphatic rings. The van der Waals surface area contributed by atoms with Crippen molar-refractivity contribution in [3.8, 4) is 0 Å². The summed E-state index contributed by atoms with van der Waals surface area (Å²) in [6.07, 6.45) is 6.26. The monoisotopic (exact) mass is 238 g/mol. The Balaban J connectivity index is 1.98. The van der Waals surface area contributed by atoms with E-state index in [2.05, 4.69) is 14.5 Å². The molecule has 0 bridgehead atoms. The Bertz CT molecular complexity index is 352. The summed E-state index contributed by atoms with van der Waals surface area (Å²) in [5.41, 5.74) is 7.09. The smallest absolute Gasteiger partial charge is 0.0945 e. The molecule has 0 spiro atoms. The molecule has 0 aliphatic carbocycles. The molecule has 0 saturated carbocycles. The summed E-state index contributed by atoms with van der Waals surface area (Å²) in [6.45, 7) is 2.66. The number of aryl methyl sites for hydroxylation is 1. The number of likely N-dealkylation sites (tertiary alicyclic amines) is 1. The van der Waals surface area contributed by atoms with Crippen LogP contribution >= 0.6 is 0 Å². The van der Waals surface area contributed by atoms with E-state index in [-0.39, 0.29) is 0 Å². The van der Waals surface area contributed by atoms with Gasteiger partial charge >= 0.3 is 0 Å². The van der Waals surface area contributed by atoms with E-state index in [9.17, 15) is 0 Å². The van der Waals surface area contributed by atoms with E-state index in [4.69, 9.17) is 10.5 Å². The maximum absolute atomic E-state index is 5.86. The summed E-state index contributed by atoms with van der Waals surface area (Å²) in [6, 6.07) is 0.420. The first-order valence-corrected chi connectivity index (χ1v) is 6.16. The van der Waals surface area contributed by atoms with E-state index in [1.807, 2.05) is 19.6 Å². The van der Waals surface area contributed by atoms with Crippen LogP contribution in [0.5, 0.6) is 0 Å². The fourth-order valence-corrected chi connectivity index (χ4v) is 2.48. The van der Waals surface area contributed by atoms with Gasteiger partial charge in [-0.05, 0) is 12.8 Å². The van der Waals surface area contributed by atoms with Gasteiger partial charge in [0.2, 0.25) is 0 Å². The second-order valence-electron chi connectivity index (χ2n) is 4.74. The largest absolute Gasteiger partial charge is 0.381 e. The molecule has 5 nitrogen and oxygen atoms in total. The van der Waals surface area contributed by atoms with Gasteiger partial charge in [0, 0.05) is 46.0 Å². The molecule has 1 aromatic heterocycles. The molecule has 96 valence electrons. The Morgan fingerprint density at radius 3 is 3.00 bits per heavy atom. The second-order valence-corrected chi connectivity index (χ2v) is 4.74. The van der Waals surface area contributed by atoms with E-state index in [1.54, 1.807) is 7.11 Å². The molecule has 2 N–H and O–H groups in total. The molecule has 0 radical (unpaired) electrons. The third kappa shape index (κ3) is 2.86. The van der Waals surface area contributed by atoms with E-state index in [0.29, 0.717) is 18.7 Å². The number of ether oxygens (including phenoxy) is 1. The van der Waals surface area contributed by atoms with Crippen molar-refractivity contribution in [2.24, 2.45) is 12.8 Å². The first-order chi connectivity index (χ1) is 8.24. The summed E-state index contributed by atoms with van der Waals surface area (Å²) in [5.74, 6) is 0. The number of piperidine rings is 1. The van der Waals surface area contributed by atoms with Crippen LogP contribution in [-0.4, -0.2) is 46.8 Å². The highest BCUT2D eigenvalue weighted by atomic mass is 16.5. The van der Waals surface area contributed by atoms with Crippen molar-refractivity contribution in [3.63, 3.8) is 0 Å². The lowest BCUT2D eigenvalue weighted by Crippen LogP contribution is -2.48. The average Bonchev–Trinajstić information content (AvgIpc) is 2.75. The predicted molar refractivity (Wildman–Crippen MR) is 66.5 cm³/mol. The van der Waals surface area contributed by atoms with Crippen molar-refractivity contribution in [3.05, 3.63) is 18.2 Å². The van der Waals surface area contributed by atoms with E-state index in [0.717, 1.165) is 25.9 Å². The normalized spacial score (nSPS) is 26.3. The number of rotatable bonds is 4. The van der Waals surface area contributed by atoms with Crippen LogP contribution in [0.25, 0.3) is 0 Å². The van der Waals surface area contributed by atoms with Crippen molar-refractivity contribution in [1.82, 2.24) is 14.5 Å². The highest BCUT2D eigenvalue weighted by Gasteiger charge is 2.27. The molecule has 2 heterocycles. The first-order valence-electron chi connectivity index (χ1n) is 6.16. The van der Waals surface area contributed by atoms with Gasteiger partial charge in [-0.25, -0.2) is 4.98 Å². The molecule has 5 heteroatoms. The van der Waals surface area contributed by atoms with Gasteiger partial charge in [-0.15, -0.1) is 0 Å². The Morgan fingerprint density at radius 2 is 2.41 bits per heavy atom. The summed E-state index contributed by atoms with van der Waals surface area (Å²) in [4.78, 5) is 6.59. The summed E-state index contributed by atoms with van der Waals surface area (Å²) < 4.78 is 7.50. The van der Waals surface area contributed by atoms with Crippen molar-refractivity contribution < 1.29 is 4.74 Å². The van der Waals surface area contributed by atoms with E-state index >= 15 is 0 Å². The fraction of sp³-hybridized carbons (Fsp3) is 0.750. The van der Waals surface area contributed by atoms with Gasteiger partial charge in [0.1, 0.15) is 0 Å². The standard InChI is InChI=1S/C12H22N4O/c1-15-9-14-7-11(15)8-16-4-3-12(17-2)5-10(16)6-13/h7,9-10,12H,3-6,8,13H2,1-2H3. The molecule has 1 fully saturated rings. The molecule has 2 unspecified atom stereocenters. The van der Waals surface area contributed by atoms with Crippen LogP contribution in [0.4, 0.5) is 0 Å². The molecule has 1 saturated heterocycles. The lowest BCUT2D eigenvalue weighted by molar-refractivity contribution is 0.00951. The molecular weight excluding hydrogens is 216 g/mol. The van der Waals surface area contributed by atoms with Crippen molar-refractivity contribution in [1.29, 1.82) is 0 Å². The van der Waals surface area contributed by atoms with Crippen LogP contribution in [0.2, 0.25) is 0 Å². The minimum absolute atomic E-state index is 0.367. The number of aromatic nitrogens is 2. The van der Waals surface area contributed by atoms with Gasteiger partial charge in [-0.1, -0.05) is 0 Å². The van der Waals surface area contributed by atoms with Crippen LogP contribution in [0.15, 0.2) is 12.5 Å². The number of nitrogens with two attached hydrogens (primary N) is 1. The maximum atomic E-state index is 5.86. The molecule has 0 aromatic carbocycles. The molecule has 1 aliphatic heterocycles. The second kappa shape index (κ2) is 5.62. The molecule has 1 aromatic rings. The highest BCUT2D eigenvalue weighted by Crippen LogP contribution is 2.20. The Morgan fingerprint density at radius 1 is 1.59 bits per heavy atom. The van der Waals surface area contributed by atoms with Crippen LogP contribution < -0.4 is 5.73 Å². The minimum atomic E-state index is 0.367. The molecule has 2 rings (SSSR count). The average molecular weight is 238 g/mol. The molecule has 0 amide bonds. The number of hydrogen-bond acceptors (Lipinski definition) is 4. The number of methoxy groups -OCH3 is 1. The highest BCUT2D eigenvalue weighted by molar-refractivity contribution is 4.99. The number of hydrogen-bond donors (Lipinski definition) is 1. The van der Waals surface area contributed by atoms with Gasteiger partial charge in [-0.2, -0.15) is 0 Å². The lowest BCUT2D eigenvalue weighted by atomic mass is 9.99. The van der Waals surface area contributed by atoms with Gasteiger partial charge in [0.25, 0.3) is 0 Å². The Kier molecular flexibility index (Phi) is 4.15. The number of imidazole rings is 1. The van der Waals surface area contributed by atoms with Crippen LogP contribution in [-0.2, 0) is 18.3 Å². The molecule has 17 heavy (non-hydrogen) atoms. The lowest BCUT2D eigenvalue weighted by Gasteiger charge is -2.38. The van der Waals surface area contributed by atoms with Crippen LogP contribution in [0, 0.1) is 0 Å².